The number of fused-ring (bicyclic) bond motifs is 1. The van der Waals surface area contributed by atoms with E-state index in [9.17, 15) is 35.9 Å². The average Bonchev–Trinajstić information content (AvgIpc) is 3.33. The molecule has 3 aromatic rings. The molecule has 0 spiro atoms. The van der Waals surface area contributed by atoms with Crippen LogP contribution in [0.25, 0.3) is 11.3 Å². The maximum absolute atomic E-state index is 14.0. The summed E-state index contributed by atoms with van der Waals surface area (Å²) in [5, 5.41) is 18.0. The van der Waals surface area contributed by atoms with Crippen molar-refractivity contribution in [3.05, 3.63) is 76.2 Å². The first-order valence-corrected chi connectivity index (χ1v) is 15.9. The number of ether oxygens (including phenoxy) is 1. The number of aromatic nitrogens is 2. The van der Waals surface area contributed by atoms with Crippen molar-refractivity contribution < 1.29 is 40.6 Å². The summed E-state index contributed by atoms with van der Waals surface area (Å²) >= 11 is 0. The predicted molar refractivity (Wildman–Crippen MR) is 152 cm³/mol. The molecule has 0 aliphatic carbocycles. The molecule has 0 radical (unpaired) electrons. The molecule has 2 aliphatic rings. The smallest absolute Gasteiger partial charge is 0.390 e. The molecule has 2 aromatic carbocycles. The Balaban J connectivity index is 1.47. The van der Waals surface area contributed by atoms with Gasteiger partial charge in [0.2, 0.25) is 10.0 Å². The molecular weight excluding hydrogens is 606 g/mol. The third kappa shape index (κ3) is 7.46. The summed E-state index contributed by atoms with van der Waals surface area (Å²) in [4.78, 5) is 14.7. The molecule has 2 N–H and O–H groups in total. The summed E-state index contributed by atoms with van der Waals surface area (Å²) in [6.45, 7) is 2.66. The third-order valence-corrected chi connectivity index (χ3v) is 9.00. The molecule has 1 atom stereocenters. The molecule has 1 fully saturated rings. The van der Waals surface area contributed by atoms with E-state index in [1.165, 1.54) is 28.6 Å². The van der Waals surface area contributed by atoms with Crippen molar-refractivity contribution in [1.82, 2.24) is 24.3 Å². The fraction of sp³-hybridized carbons (Fsp3) is 0.448. The van der Waals surface area contributed by atoms with Gasteiger partial charge in [-0.05, 0) is 42.0 Å². The number of amides is 1. The number of nitrogens with one attached hydrogen (secondary N) is 1. The Morgan fingerprint density at radius 2 is 1.80 bits per heavy atom. The SMILES string of the molecule is CS(=O)(=O)N1CCc2c(c(-c3ccc(C(F)(F)F)c(CNC(=O)c4ccc(F)cc4)c3)nn2CC(O)CN2CCOCC2)C1. The van der Waals surface area contributed by atoms with Crippen LogP contribution in [0.4, 0.5) is 17.6 Å². The Hall–Kier alpha value is -3.37. The average molecular weight is 640 g/mol. The Kier molecular flexibility index (Phi) is 9.41. The first kappa shape index (κ1) is 32.0. The number of aliphatic hydroxyl groups is 1. The van der Waals surface area contributed by atoms with Gasteiger partial charge in [0.15, 0.2) is 0 Å². The van der Waals surface area contributed by atoms with E-state index in [0.717, 1.165) is 24.5 Å². The fourth-order valence-corrected chi connectivity index (χ4v) is 6.30. The number of carbonyl (C=O) groups excluding carboxylic acids is 1. The number of rotatable bonds is 9. The van der Waals surface area contributed by atoms with Crippen LogP contribution >= 0.6 is 0 Å². The molecule has 15 heteroatoms. The van der Waals surface area contributed by atoms with E-state index < -0.39 is 46.1 Å². The molecule has 1 unspecified atom stereocenters. The minimum Gasteiger partial charge on any atom is -0.390 e. The van der Waals surface area contributed by atoms with E-state index in [-0.39, 0.29) is 30.8 Å². The summed E-state index contributed by atoms with van der Waals surface area (Å²) in [6.07, 6.45) is -4.12. The topological polar surface area (TPSA) is 117 Å². The van der Waals surface area contributed by atoms with Crippen LogP contribution in [0.15, 0.2) is 42.5 Å². The predicted octanol–water partition coefficient (Wildman–Crippen LogP) is 2.65. The van der Waals surface area contributed by atoms with Gasteiger partial charge in [-0.2, -0.15) is 22.6 Å². The number of sulfonamides is 1. The number of halogens is 4. The lowest BCUT2D eigenvalue weighted by Crippen LogP contribution is -2.42. The molecule has 2 aliphatic heterocycles. The number of morpholine rings is 1. The first-order valence-electron chi connectivity index (χ1n) is 14.1. The van der Waals surface area contributed by atoms with Crippen molar-refractivity contribution in [3.63, 3.8) is 0 Å². The lowest BCUT2D eigenvalue weighted by Gasteiger charge is -2.29. The molecule has 5 rings (SSSR count). The number of nitrogens with zero attached hydrogens (tertiary/aromatic N) is 4. The molecule has 44 heavy (non-hydrogen) atoms. The maximum atomic E-state index is 14.0. The van der Waals surface area contributed by atoms with Crippen molar-refractivity contribution in [3.8, 4) is 11.3 Å². The highest BCUT2D eigenvalue weighted by molar-refractivity contribution is 7.88. The zero-order valence-corrected chi connectivity index (χ0v) is 24.8. The van der Waals surface area contributed by atoms with Crippen LogP contribution < -0.4 is 5.32 Å². The highest BCUT2D eigenvalue weighted by Crippen LogP contribution is 2.37. The minimum absolute atomic E-state index is 0.0271. The molecule has 1 amide bonds. The van der Waals surface area contributed by atoms with Crippen molar-refractivity contribution in [2.45, 2.75) is 38.3 Å². The number of alkyl halides is 3. The van der Waals surface area contributed by atoms with E-state index in [0.29, 0.717) is 61.8 Å². The molecule has 1 aromatic heterocycles. The Morgan fingerprint density at radius 1 is 1.09 bits per heavy atom. The largest absolute Gasteiger partial charge is 0.416 e. The van der Waals surface area contributed by atoms with Gasteiger partial charge < -0.3 is 15.2 Å². The number of aliphatic hydroxyl groups excluding tert-OH is 1. The molecule has 3 heterocycles. The Labute approximate surface area is 252 Å². The molecule has 1 saturated heterocycles. The van der Waals surface area contributed by atoms with Crippen LogP contribution in [0.1, 0.15) is 32.7 Å². The Bertz CT molecular complexity index is 1610. The number of hydrogen-bond donors (Lipinski definition) is 2. The monoisotopic (exact) mass is 639 g/mol. The van der Waals surface area contributed by atoms with Gasteiger partial charge in [-0.15, -0.1) is 0 Å². The fourth-order valence-electron chi connectivity index (χ4n) is 5.51. The van der Waals surface area contributed by atoms with Gasteiger partial charge in [0.1, 0.15) is 5.82 Å². The van der Waals surface area contributed by atoms with Gasteiger partial charge in [0.05, 0.1) is 43.4 Å². The standard InChI is InChI=1S/C29H33F4N5O5S/c1-44(41,42)37-9-8-26-24(18-37)27(35-38(26)17-23(39)16-36-10-12-43-13-11-36)20-4-7-25(29(31,32)33)21(14-20)15-34-28(40)19-2-5-22(30)6-3-19/h2-7,14,23,39H,8-13,15-18H2,1H3,(H,34,40). The van der Waals surface area contributed by atoms with Crippen molar-refractivity contribution >= 4 is 15.9 Å². The van der Waals surface area contributed by atoms with Crippen LogP contribution in [0.5, 0.6) is 0 Å². The summed E-state index contributed by atoms with van der Waals surface area (Å²) in [7, 11) is -3.57. The normalized spacial score (nSPS) is 17.3. The highest BCUT2D eigenvalue weighted by Gasteiger charge is 2.35. The second kappa shape index (κ2) is 12.9. The summed E-state index contributed by atoms with van der Waals surface area (Å²) in [5.74, 6) is -1.23. The summed E-state index contributed by atoms with van der Waals surface area (Å²) < 4.78 is 88.3. The molecule has 0 bridgehead atoms. The minimum atomic E-state index is -4.72. The highest BCUT2D eigenvalue weighted by atomic mass is 32.2. The number of β-amino-alcohol motifs (C(OH)–C–C–N with tert-alkyl or cyclic N) is 1. The second-order valence-corrected chi connectivity index (χ2v) is 12.9. The van der Waals surface area contributed by atoms with Crippen molar-refractivity contribution in [2.75, 3.05) is 45.6 Å². The zero-order chi connectivity index (χ0) is 31.6. The van der Waals surface area contributed by atoms with Crippen molar-refractivity contribution in [2.24, 2.45) is 0 Å². The molecule has 238 valence electrons. The van der Waals surface area contributed by atoms with Crippen LogP contribution in [-0.4, -0.2) is 90.2 Å². The number of carbonyl (C=O) groups is 1. The van der Waals surface area contributed by atoms with E-state index in [1.54, 1.807) is 4.68 Å². The maximum Gasteiger partial charge on any atom is 0.416 e. The molecule has 0 saturated carbocycles. The van der Waals surface area contributed by atoms with Crippen molar-refractivity contribution in [1.29, 1.82) is 0 Å². The number of benzene rings is 2. The lowest BCUT2D eigenvalue weighted by molar-refractivity contribution is -0.138. The number of hydrogen-bond acceptors (Lipinski definition) is 7. The quantitative estimate of drug-likeness (QED) is 0.346. The van der Waals surface area contributed by atoms with Gasteiger partial charge in [-0.3, -0.25) is 14.4 Å². The van der Waals surface area contributed by atoms with E-state index >= 15 is 0 Å². The zero-order valence-electron chi connectivity index (χ0n) is 24.0. The van der Waals surface area contributed by atoms with Gasteiger partial charge in [-0.1, -0.05) is 6.07 Å². The van der Waals surface area contributed by atoms with Gasteiger partial charge in [0.25, 0.3) is 5.91 Å². The van der Waals surface area contributed by atoms with Crippen LogP contribution in [0.2, 0.25) is 0 Å². The first-order chi connectivity index (χ1) is 20.8. The van der Waals surface area contributed by atoms with Crippen LogP contribution in [-0.2, 0) is 47.0 Å². The third-order valence-electron chi connectivity index (χ3n) is 7.75. The summed E-state index contributed by atoms with van der Waals surface area (Å²) in [5.41, 5.74) is 0.752. The lowest BCUT2D eigenvalue weighted by atomic mass is 9.97. The van der Waals surface area contributed by atoms with Gasteiger partial charge in [-0.25, -0.2) is 12.8 Å². The van der Waals surface area contributed by atoms with E-state index in [2.05, 4.69) is 15.3 Å². The van der Waals surface area contributed by atoms with Crippen LogP contribution in [0.3, 0.4) is 0 Å². The Morgan fingerprint density at radius 3 is 2.45 bits per heavy atom. The molecular formula is C29H33F4N5O5S. The van der Waals surface area contributed by atoms with Gasteiger partial charge >= 0.3 is 6.18 Å². The molecule has 10 nitrogen and oxygen atoms in total. The van der Waals surface area contributed by atoms with Crippen LogP contribution in [0, 0.1) is 5.82 Å². The van der Waals surface area contributed by atoms with E-state index in [1.807, 2.05) is 0 Å². The second-order valence-electron chi connectivity index (χ2n) is 10.9. The van der Waals surface area contributed by atoms with E-state index in [4.69, 9.17) is 4.74 Å². The van der Waals surface area contributed by atoms with Gasteiger partial charge in [0, 0.05) is 68.1 Å². The summed E-state index contributed by atoms with van der Waals surface area (Å²) in [6, 6.07) is 8.07.